The first-order valence-electron chi connectivity index (χ1n) is 5.44. The van der Waals surface area contributed by atoms with Gasteiger partial charge in [0.1, 0.15) is 16.8 Å². The molecule has 1 atom stereocenters. The van der Waals surface area contributed by atoms with Gasteiger partial charge in [-0.1, -0.05) is 25.4 Å². The lowest BCUT2D eigenvalue weighted by Crippen LogP contribution is -2.18. The molecule has 16 heavy (non-hydrogen) atoms. The smallest absolute Gasteiger partial charge is 0.135 e. The molecule has 0 saturated carbocycles. The van der Waals surface area contributed by atoms with E-state index in [1.54, 1.807) is 6.07 Å². The number of halogens is 1. The lowest BCUT2D eigenvalue weighted by Gasteiger charge is -2.14. The van der Waals surface area contributed by atoms with Crippen molar-refractivity contribution in [3.63, 3.8) is 0 Å². The van der Waals surface area contributed by atoms with Crippen LogP contribution in [0, 0.1) is 0 Å². The number of hydrogen-bond donors (Lipinski definition) is 2. The number of aliphatic hydroxyl groups is 1. The van der Waals surface area contributed by atoms with Crippen LogP contribution in [0.1, 0.15) is 38.9 Å². The Morgan fingerprint density at radius 1 is 1.38 bits per heavy atom. The number of nitrogens with one attached hydrogen (secondary N) is 1. The first-order valence-corrected chi connectivity index (χ1v) is 5.82. The molecule has 1 heterocycles. The van der Waals surface area contributed by atoms with Crippen molar-refractivity contribution in [2.24, 2.45) is 0 Å². The molecule has 1 unspecified atom stereocenters. The minimum atomic E-state index is 0.157. The number of nitrogens with zero attached hydrogens (tertiary/aromatic N) is 2. The van der Waals surface area contributed by atoms with Gasteiger partial charge in [-0.25, -0.2) is 9.97 Å². The van der Waals surface area contributed by atoms with E-state index in [9.17, 15) is 0 Å². The second-order valence-electron chi connectivity index (χ2n) is 4.15. The highest BCUT2D eigenvalue weighted by Gasteiger charge is 2.08. The Labute approximate surface area is 101 Å². The molecule has 1 aromatic rings. The predicted molar refractivity (Wildman–Crippen MR) is 65.9 cm³/mol. The van der Waals surface area contributed by atoms with E-state index in [2.05, 4.69) is 15.3 Å². The van der Waals surface area contributed by atoms with Crippen LogP contribution in [0.3, 0.4) is 0 Å². The Balaban J connectivity index is 2.80. The van der Waals surface area contributed by atoms with Crippen LogP contribution in [-0.2, 0) is 0 Å². The Morgan fingerprint density at radius 2 is 2.06 bits per heavy atom. The molecular weight excluding hydrogens is 226 g/mol. The molecule has 0 spiro atoms. The van der Waals surface area contributed by atoms with Gasteiger partial charge >= 0.3 is 0 Å². The average molecular weight is 244 g/mol. The number of aromatic nitrogens is 2. The van der Waals surface area contributed by atoms with Crippen molar-refractivity contribution in [1.29, 1.82) is 0 Å². The van der Waals surface area contributed by atoms with E-state index in [0.717, 1.165) is 5.82 Å². The van der Waals surface area contributed by atoms with Crippen molar-refractivity contribution in [2.45, 2.75) is 39.2 Å². The molecule has 4 nitrogen and oxygen atoms in total. The molecular formula is C11H18ClN3O. The molecule has 1 rings (SSSR count). The second-order valence-corrected chi connectivity index (χ2v) is 4.53. The molecule has 0 aromatic carbocycles. The second kappa shape index (κ2) is 6.01. The van der Waals surface area contributed by atoms with Crippen molar-refractivity contribution < 1.29 is 5.11 Å². The maximum Gasteiger partial charge on any atom is 0.135 e. The third-order valence-electron chi connectivity index (χ3n) is 2.18. The van der Waals surface area contributed by atoms with Crippen LogP contribution >= 0.6 is 11.6 Å². The van der Waals surface area contributed by atoms with Gasteiger partial charge < -0.3 is 10.4 Å². The zero-order valence-corrected chi connectivity index (χ0v) is 10.6. The van der Waals surface area contributed by atoms with E-state index < -0.39 is 0 Å². The topological polar surface area (TPSA) is 58.0 Å². The standard InChI is InChI=1S/C11H18ClN3O/c1-7(2)11-14-9(12)6-10(15-11)13-8(3)4-5-16/h6-8,16H,4-5H2,1-3H3,(H,13,14,15). The zero-order valence-electron chi connectivity index (χ0n) is 9.87. The summed E-state index contributed by atoms with van der Waals surface area (Å²) in [5.41, 5.74) is 0. The fourth-order valence-corrected chi connectivity index (χ4v) is 1.48. The molecule has 0 bridgehead atoms. The van der Waals surface area contributed by atoms with E-state index in [-0.39, 0.29) is 18.6 Å². The van der Waals surface area contributed by atoms with Crippen molar-refractivity contribution in [3.05, 3.63) is 17.0 Å². The average Bonchev–Trinajstić information content (AvgIpc) is 2.16. The lowest BCUT2D eigenvalue weighted by molar-refractivity contribution is 0.282. The molecule has 0 saturated heterocycles. The van der Waals surface area contributed by atoms with Crippen molar-refractivity contribution in [2.75, 3.05) is 11.9 Å². The highest BCUT2D eigenvalue weighted by atomic mass is 35.5. The molecule has 90 valence electrons. The van der Waals surface area contributed by atoms with Gasteiger partial charge in [-0.15, -0.1) is 0 Å². The molecule has 0 aliphatic rings. The summed E-state index contributed by atoms with van der Waals surface area (Å²) in [6.45, 7) is 6.19. The quantitative estimate of drug-likeness (QED) is 0.780. The Kier molecular flexibility index (Phi) is 4.96. The largest absolute Gasteiger partial charge is 0.396 e. The summed E-state index contributed by atoms with van der Waals surface area (Å²) >= 11 is 5.91. The van der Waals surface area contributed by atoms with E-state index >= 15 is 0 Å². The lowest BCUT2D eigenvalue weighted by atomic mass is 10.2. The van der Waals surface area contributed by atoms with Gasteiger partial charge in [0.2, 0.25) is 0 Å². The summed E-state index contributed by atoms with van der Waals surface area (Å²) < 4.78 is 0. The van der Waals surface area contributed by atoms with E-state index in [1.165, 1.54) is 0 Å². The molecule has 0 radical (unpaired) electrons. The number of anilines is 1. The maximum absolute atomic E-state index is 8.81. The third-order valence-corrected chi connectivity index (χ3v) is 2.38. The highest BCUT2D eigenvalue weighted by Crippen LogP contribution is 2.17. The summed E-state index contributed by atoms with van der Waals surface area (Å²) in [6, 6.07) is 1.86. The van der Waals surface area contributed by atoms with Gasteiger partial charge in [-0.3, -0.25) is 0 Å². The Bertz CT molecular complexity index is 344. The van der Waals surface area contributed by atoms with Gasteiger partial charge in [-0.05, 0) is 13.3 Å². The summed E-state index contributed by atoms with van der Waals surface area (Å²) in [5.74, 6) is 1.68. The molecule has 0 aliphatic carbocycles. The molecule has 0 fully saturated rings. The monoisotopic (exact) mass is 243 g/mol. The van der Waals surface area contributed by atoms with Crippen LogP contribution < -0.4 is 5.32 Å². The minimum Gasteiger partial charge on any atom is -0.396 e. The molecule has 0 amide bonds. The van der Waals surface area contributed by atoms with E-state index in [0.29, 0.717) is 17.4 Å². The normalized spacial score (nSPS) is 12.9. The first kappa shape index (κ1) is 13.2. The van der Waals surface area contributed by atoms with E-state index in [4.69, 9.17) is 16.7 Å². The number of rotatable bonds is 5. The SMILES string of the molecule is CC(CCO)Nc1cc(Cl)nc(C(C)C)n1. The molecule has 5 heteroatoms. The Hall–Kier alpha value is -0.870. The van der Waals surface area contributed by atoms with Crippen molar-refractivity contribution in [3.8, 4) is 0 Å². The molecule has 1 aromatic heterocycles. The van der Waals surface area contributed by atoms with Gasteiger partial charge in [0.15, 0.2) is 0 Å². The van der Waals surface area contributed by atoms with Crippen LogP contribution in [0.15, 0.2) is 6.07 Å². The Morgan fingerprint density at radius 3 is 2.62 bits per heavy atom. The van der Waals surface area contributed by atoms with Crippen LogP contribution in [-0.4, -0.2) is 27.7 Å². The first-order chi connectivity index (χ1) is 7.52. The summed E-state index contributed by atoms with van der Waals surface area (Å²) in [5, 5.41) is 12.4. The molecule has 2 N–H and O–H groups in total. The third kappa shape index (κ3) is 3.94. The summed E-state index contributed by atoms with van der Waals surface area (Å²) in [6.07, 6.45) is 0.679. The number of aliphatic hydroxyl groups excluding tert-OH is 1. The molecule has 0 aliphatic heterocycles. The summed E-state index contributed by atoms with van der Waals surface area (Å²) in [4.78, 5) is 8.52. The predicted octanol–water partition coefficient (Wildman–Crippen LogP) is 2.44. The van der Waals surface area contributed by atoms with Gasteiger partial charge in [0.25, 0.3) is 0 Å². The minimum absolute atomic E-state index is 0.157. The van der Waals surface area contributed by atoms with Crippen LogP contribution in [0.5, 0.6) is 0 Å². The van der Waals surface area contributed by atoms with Gasteiger partial charge in [0.05, 0.1) is 0 Å². The van der Waals surface area contributed by atoms with Gasteiger partial charge in [0, 0.05) is 24.6 Å². The van der Waals surface area contributed by atoms with Crippen molar-refractivity contribution in [1.82, 2.24) is 9.97 Å². The van der Waals surface area contributed by atoms with Crippen LogP contribution in [0.25, 0.3) is 0 Å². The summed E-state index contributed by atoms with van der Waals surface area (Å²) in [7, 11) is 0. The van der Waals surface area contributed by atoms with Crippen LogP contribution in [0.2, 0.25) is 5.15 Å². The fourth-order valence-electron chi connectivity index (χ4n) is 1.29. The van der Waals surface area contributed by atoms with Crippen LogP contribution in [0.4, 0.5) is 5.82 Å². The van der Waals surface area contributed by atoms with E-state index in [1.807, 2.05) is 20.8 Å². The fraction of sp³-hybridized carbons (Fsp3) is 0.636. The zero-order chi connectivity index (χ0) is 12.1. The maximum atomic E-state index is 8.81. The van der Waals surface area contributed by atoms with Crippen molar-refractivity contribution >= 4 is 17.4 Å². The van der Waals surface area contributed by atoms with Gasteiger partial charge in [-0.2, -0.15) is 0 Å². The highest BCUT2D eigenvalue weighted by molar-refractivity contribution is 6.29. The number of hydrogen-bond acceptors (Lipinski definition) is 4.